The minimum Gasteiger partial charge on any atom is -0.494 e. The third-order valence-electron chi connectivity index (χ3n) is 15.8. The number of carbonyl (C=O) groups is 10. The molecule has 91 heavy (non-hydrogen) atoms. The molecule has 2 aromatic carbocycles. The topological polar surface area (TPSA) is 326 Å². The number of hydrogen-bond acceptors (Lipinski definition) is 20. The molecule has 2 unspecified atom stereocenters. The van der Waals surface area contributed by atoms with Gasteiger partial charge in [0.2, 0.25) is 35.4 Å². The number of aromatic nitrogens is 1. The minimum absolute atomic E-state index is 0.0597. The highest BCUT2D eigenvalue weighted by molar-refractivity contribution is 14.1. The van der Waals surface area contributed by atoms with Crippen molar-refractivity contribution in [3.63, 3.8) is 0 Å². The van der Waals surface area contributed by atoms with Crippen LogP contribution in [0.5, 0.6) is 5.75 Å². The van der Waals surface area contributed by atoms with Gasteiger partial charge in [-0.25, -0.2) is 8.78 Å². The van der Waals surface area contributed by atoms with Crippen LogP contribution in [0.1, 0.15) is 74.2 Å². The number of pyridine rings is 1. The molecule has 4 heterocycles. The summed E-state index contributed by atoms with van der Waals surface area (Å²) >= 11 is 2.21. The van der Waals surface area contributed by atoms with Crippen LogP contribution in [0.4, 0.5) is 8.78 Å². The second kappa shape index (κ2) is 37.7. The highest BCUT2D eigenvalue weighted by atomic mass is 127. The molecule has 0 radical (unpaired) electrons. The fourth-order valence-corrected chi connectivity index (χ4v) is 11.1. The number of fused-ring (bicyclic) bond motifs is 1. The fraction of sp³-hybridized carbons (Fsp3) is 0.574. The first-order chi connectivity index (χ1) is 43.7. The number of nitriles is 1. The maximum absolute atomic E-state index is 15.9. The van der Waals surface area contributed by atoms with Crippen LogP contribution in [0.2, 0.25) is 0 Å². The van der Waals surface area contributed by atoms with Gasteiger partial charge in [-0.2, -0.15) is 5.26 Å². The number of hydrogen-bond donors (Lipinski definition) is 5. The van der Waals surface area contributed by atoms with E-state index in [9.17, 15) is 62.7 Å². The number of unbranched alkanes of at least 4 members (excludes halogenated alkanes) is 1. The summed E-state index contributed by atoms with van der Waals surface area (Å²) in [5.74, 6) is -5.29. The van der Waals surface area contributed by atoms with Crippen molar-refractivity contribution in [3.8, 4) is 11.8 Å². The van der Waals surface area contributed by atoms with Gasteiger partial charge in [0.15, 0.2) is 0 Å². The normalized spacial score (nSPS) is 18.9. The molecule has 0 aliphatic carbocycles. The highest BCUT2D eigenvalue weighted by Gasteiger charge is 2.43. The van der Waals surface area contributed by atoms with Gasteiger partial charge in [0.1, 0.15) is 49.6 Å². The molecule has 3 aliphatic heterocycles. The van der Waals surface area contributed by atoms with Gasteiger partial charge in [-0.3, -0.25) is 82.7 Å². The zero-order valence-electron chi connectivity index (χ0n) is 51.2. The maximum atomic E-state index is 15.9. The second-order valence-corrected chi connectivity index (χ2v) is 24.2. The van der Waals surface area contributed by atoms with Crippen molar-refractivity contribution in [1.29, 1.82) is 5.26 Å². The summed E-state index contributed by atoms with van der Waals surface area (Å²) in [6.45, 7) is 4.92. The van der Waals surface area contributed by atoms with Gasteiger partial charge in [0.05, 0.1) is 49.9 Å². The van der Waals surface area contributed by atoms with Gasteiger partial charge in [-0.15, -0.1) is 0 Å². The van der Waals surface area contributed by atoms with Crippen molar-refractivity contribution in [3.05, 3.63) is 69.4 Å². The van der Waals surface area contributed by atoms with Crippen LogP contribution in [-0.4, -0.2) is 266 Å². The van der Waals surface area contributed by atoms with Crippen LogP contribution in [0.25, 0.3) is 10.9 Å². The average molecular weight is 1390 g/mol. The Bertz CT molecular complexity index is 2990. The van der Waals surface area contributed by atoms with Crippen molar-refractivity contribution in [2.45, 2.75) is 88.6 Å². The maximum Gasteiger partial charge on any atom is 0.317 e. The lowest BCUT2D eigenvalue weighted by molar-refractivity contribution is -0.140. The van der Waals surface area contributed by atoms with Crippen molar-refractivity contribution >= 4 is 93.8 Å². The Morgan fingerprint density at radius 1 is 0.791 bits per heavy atom. The number of nitrogens with zero attached hydrogens (tertiary/aromatic N) is 9. The predicted molar refractivity (Wildman–Crippen MR) is 334 cm³/mol. The van der Waals surface area contributed by atoms with Crippen LogP contribution < -0.4 is 26.0 Å². The van der Waals surface area contributed by atoms with Gasteiger partial charge >= 0.3 is 5.97 Å². The van der Waals surface area contributed by atoms with Crippen LogP contribution in [0, 0.1) is 14.9 Å². The molecule has 0 spiro atoms. The Labute approximate surface area is 540 Å². The zero-order chi connectivity index (χ0) is 65.7. The Hall–Kier alpha value is -7.57. The number of likely N-dealkylation sites (tertiary alicyclic amines) is 1. The molecular weight excluding hydrogens is 1300 g/mol. The number of imide groups is 1. The predicted octanol–water partition coefficient (Wildman–Crippen LogP) is 1.07. The first-order valence-corrected chi connectivity index (χ1v) is 31.5. The van der Waals surface area contributed by atoms with E-state index in [0.717, 1.165) is 20.5 Å². The number of aliphatic carboxylic acids is 1. The Morgan fingerprint density at radius 3 is 2.07 bits per heavy atom. The van der Waals surface area contributed by atoms with Crippen molar-refractivity contribution in [1.82, 2.24) is 60.6 Å². The van der Waals surface area contributed by atoms with E-state index in [2.05, 4.69) is 53.7 Å². The highest BCUT2D eigenvalue weighted by Crippen LogP contribution is 2.30. The first kappa shape index (κ1) is 72.5. The van der Waals surface area contributed by atoms with Crippen LogP contribution in [0.3, 0.4) is 0 Å². The van der Waals surface area contributed by atoms with Crippen molar-refractivity contribution < 1.29 is 76.0 Å². The number of nitrogens with one attached hydrogen (secondary N) is 4. The summed E-state index contributed by atoms with van der Waals surface area (Å²) in [6, 6.07) is 14.0. The summed E-state index contributed by atoms with van der Waals surface area (Å²) in [5.41, 5.74) is 0.146. The molecule has 30 heteroatoms. The summed E-state index contributed by atoms with van der Waals surface area (Å²) < 4.78 is 47.6. The standard InChI is InChI=1S/C61H82F2IN13O14/c1-61(63)34-47(35-65)77(39-61)57(84)36-68-59(87)49-14-16-66-51-12-11-48(32-50(49)51)91-30-3-2-17-71-26-28-76(29-27-71)56(83)33-54(81)70-60(88)52(31-45(62)13-15-67-53(80)6-4-5-44-7-9-46(64)10-8-44)69-55(82)37-72-18-19-73(38-58(85)86)21-23-75(41-90-43-79)25-24-74(22-20-72)40-89-42-78/h7-12,14,16,32,42-43,45,47,52H,2-6,13,15,17-31,33-34,36-41H2,1H3,(H,67,80)(H,68,87)(H,69,82)(H,85,86)(H,70,81,88)/t45?,47-,52+,61?/m1/s1. The molecule has 3 aromatic rings. The molecule has 496 valence electrons. The van der Waals surface area contributed by atoms with Crippen molar-refractivity contribution in [2.24, 2.45) is 0 Å². The summed E-state index contributed by atoms with van der Waals surface area (Å²) in [5, 5.41) is 29.6. The first-order valence-electron chi connectivity index (χ1n) is 30.4. The van der Waals surface area contributed by atoms with E-state index in [4.69, 9.17) is 14.2 Å². The average Bonchev–Trinajstić information content (AvgIpc) is 2.17. The lowest BCUT2D eigenvalue weighted by Gasteiger charge is -2.34. The molecule has 27 nitrogen and oxygen atoms in total. The van der Waals surface area contributed by atoms with Crippen molar-refractivity contribution in [2.75, 3.05) is 138 Å². The van der Waals surface area contributed by atoms with E-state index in [1.54, 1.807) is 37.8 Å². The molecule has 4 atom stereocenters. The number of benzene rings is 2. The SMILES string of the molecule is CC1(F)C[C@H](C#N)N(C(=O)CNC(=O)c2ccnc3ccc(OCCCCN4CCN(C(=O)CC(=O)NC(=O)[C@H](CC(F)CCNC(=O)CCCc5ccc(I)cc5)NC(=O)CN5CCN(COC=O)CCN(COC=O)CCN(CC(=O)O)CC5)CC4)cc23)C1. The zero-order valence-corrected chi connectivity index (χ0v) is 53.4. The summed E-state index contributed by atoms with van der Waals surface area (Å²) in [6.07, 6.45) is 0.935. The van der Waals surface area contributed by atoms with E-state index in [1.807, 2.05) is 30.3 Å². The monoisotopic (exact) mass is 1390 g/mol. The number of rotatable bonds is 32. The number of carbonyl (C=O) groups excluding carboxylic acids is 9. The fourth-order valence-electron chi connectivity index (χ4n) is 10.8. The molecule has 3 aliphatic rings. The summed E-state index contributed by atoms with van der Waals surface area (Å²) in [4.78, 5) is 144. The number of ether oxygens (including phenoxy) is 3. The molecule has 0 saturated carbocycles. The number of piperazine rings is 1. The molecule has 7 amide bonds. The third-order valence-corrected chi connectivity index (χ3v) is 16.5. The molecule has 3 fully saturated rings. The van der Waals surface area contributed by atoms with E-state index in [0.29, 0.717) is 101 Å². The molecule has 0 bridgehead atoms. The molecule has 1 aromatic heterocycles. The lowest BCUT2D eigenvalue weighted by Crippen LogP contribution is -2.54. The number of alkyl halides is 2. The summed E-state index contributed by atoms with van der Waals surface area (Å²) in [7, 11) is 0. The Morgan fingerprint density at radius 2 is 1.43 bits per heavy atom. The van der Waals surface area contributed by atoms with Gasteiger partial charge in [0.25, 0.3) is 18.9 Å². The van der Waals surface area contributed by atoms with Gasteiger partial charge in [-0.05, 0) is 110 Å². The minimum atomic E-state index is -1.75. The Kier molecular flexibility index (Phi) is 30.0. The van der Waals surface area contributed by atoms with E-state index < -0.39 is 84.7 Å². The van der Waals surface area contributed by atoms with Crippen LogP contribution >= 0.6 is 22.6 Å². The van der Waals surface area contributed by atoms with Gasteiger partial charge < -0.3 is 45.1 Å². The number of carboxylic acids is 1. The lowest BCUT2D eigenvalue weighted by atomic mass is 10.1. The van der Waals surface area contributed by atoms with Crippen LogP contribution in [0.15, 0.2) is 54.7 Å². The van der Waals surface area contributed by atoms with E-state index >= 15 is 4.39 Å². The number of halogens is 3. The number of amides is 7. The smallest absolute Gasteiger partial charge is 0.317 e. The quantitative estimate of drug-likeness (QED) is 0.0253. The molecule has 5 N–H and O–H groups in total. The molecule has 6 rings (SSSR count). The van der Waals surface area contributed by atoms with E-state index in [1.165, 1.54) is 24.1 Å². The molecular formula is C61H82F2IN13O14. The number of carboxylic acid groups (broad SMARTS) is 1. The van der Waals surface area contributed by atoms with Gasteiger partial charge in [-0.1, -0.05) is 12.1 Å². The van der Waals surface area contributed by atoms with Crippen LogP contribution in [-0.2, 0) is 59.0 Å². The van der Waals surface area contributed by atoms with Gasteiger partial charge in [0, 0.05) is 119 Å². The largest absolute Gasteiger partial charge is 0.494 e. The third kappa shape index (κ3) is 25.6. The molecule has 3 saturated heterocycles. The second-order valence-electron chi connectivity index (χ2n) is 22.9. The Balaban J connectivity index is 0.980. The van der Waals surface area contributed by atoms with E-state index in [-0.39, 0.29) is 110 Å². The number of aryl methyl sites for hydroxylation is 1.